The van der Waals surface area contributed by atoms with Crippen LogP contribution in [0, 0.1) is 0 Å². The molecule has 3 nitrogen and oxygen atoms in total. The first-order valence-corrected chi connectivity index (χ1v) is 8.70. The molecule has 0 heterocycles. The zero-order chi connectivity index (χ0) is 20.4. The standard InChI is InChI=1S/C20H21ClF3NO2/c1-12(27-15-8-5-13(6-9-15)19(2,3)4)18(26)25-17-11-14(20(22,23)24)7-10-16(17)21/h5-12H,1-4H3,(H,25,26). The number of ether oxygens (including phenoxy) is 1. The van der Waals surface area contributed by atoms with Crippen molar-refractivity contribution >= 4 is 23.2 Å². The molecule has 1 N–H and O–H groups in total. The zero-order valence-corrected chi connectivity index (χ0v) is 16.2. The first kappa shape index (κ1) is 21.1. The van der Waals surface area contributed by atoms with E-state index in [0.29, 0.717) is 5.75 Å². The number of alkyl halides is 3. The van der Waals surface area contributed by atoms with Gasteiger partial charge in [-0.1, -0.05) is 44.5 Å². The Morgan fingerprint density at radius 3 is 2.11 bits per heavy atom. The molecule has 2 aromatic rings. The second kappa shape index (κ2) is 7.80. The Hall–Kier alpha value is -2.21. The molecule has 2 aromatic carbocycles. The number of carbonyl (C=O) groups excluding carboxylic acids is 1. The van der Waals surface area contributed by atoms with Gasteiger partial charge in [-0.3, -0.25) is 4.79 Å². The van der Waals surface area contributed by atoms with E-state index in [0.717, 1.165) is 23.8 Å². The first-order chi connectivity index (χ1) is 12.4. The molecule has 0 fully saturated rings. The number of amides is 1. The summed E-state index contributed by atoms with van der Waals surface area (Å²) in [5.74, 6) is -0.114. The first-order valence-electron chi connectivity index (χ1n) is 8.33. The van der Waals surface area contributed by atoms with E-state index >= 15 is 0 Å². The molecule has 1 atom stereocenters. The predicted octanol–water partition coefficient (Wildman–Crippen LogP) is 6.06. The molecule has 7 heteroatoms. The van der Waals surface area contributed by atoms with Gasteiger partial charge in [0.25, 0.3) is 5.91 Å². The third-order valence-corrected chi connectivity index (χ3v) is 4.28. The van der Waals surface area contributed by atoms with Gasteiger partial charge in [-0.05, 0) is 48.2 Å². The summed E-state index contributed by atoms with van der Waals surface area (Å²) in [5, 5.41) is 2.39. The summed E-state index contributed by atoms with van der Waals surface area (Å²) < 4.78 is 44.0. The molecule has 1 unspecified atom stereocenters. The number of rotatable bonds is 4. The summed E-state index contributed by atoms with van der Waals surface area (Å²) in [6, 6.07) is 10.1. The highest BCUT2D eigenvalue weighted by molar-refractivity contribution is 6.33. The number of anilines is 1. The fourth-order valence-electron chi connectivity index (χ4n) is 2.32. The minimum atomic E-state index is -4.53. The van der Waals surface area contributed by atoms with Crippen LogP contribution in [0.15, 0.2) is 42.5 Å². The monoisotopic (exact) mass is 399 g/mol. The number of hydrogen-bond donors (Lipinski definition) is 1. The molecule has 0 radical (unpaired) electrons. The molecule has 0 spiro atoms. The van der Waals surface area contributed by atoms with Crippen LogP contribution in [-0.2, 0) is 16.4 Å². The second-order valence-corrected chi connectivity index (χ2v) is 7.62. The summed E-state index contributed by atoms with van der Waals surface area (Å²) in [4.78, 5) is 12.3. The van der Waals surface area contributed by atoms with E-state index in [-0.39, 0.29) is 16.1 Å². The van der Waals surface area contributed by atoms with Crippen molar-refractivity contribution in [2.75, 3.05) is 5.32 Å². The van der Waals surface area contributed by atoms with Crippen molar-refractivity contribution in [2.24, 2.45) is 0 Å². The van der Waals surface area contributed by atoms with E-state index in [1.807, 2.05) is 12.1 Å². The van der Waals surface area contributed by atoms with Crippen LogP contribution in [0.4, 0.5) is 18.9 Å². The van der Waals surface area contributed by atoms with Gasteiger partial charge in [0.15, 0.2) is 6.10 Å². The van der Waals surface area contributed by atoms with Crippen molar-refractivity contribution in [1.82, 2.24) is 0 Å². The predicted molar refractivity (Wildman–Crippen MR) is 100 cm³/mol. The molecule has 0 aromatic heterocycles. The van der Waals surface area contributed by atoms with Crippen LogP contribution < -0.4 is 10.1 Å². The van der Waals surface area contributed by atoms with Gasteiger partial charge < -0.3 is 10.1 Å². The maximum absolute atomic E-state index is 12.8. The minimum absolute atomic E-state index is 0.0121. The van der Waals surface area contributed by atoms with Gasteiger partial charge in [-0.2, -0.15) is 13.2 Å². The van der Waals surface area contributed by atoms with E-state index in [1.54, 1.807) is 12.1 Å². The SMILES string of the molecule is CC(Oc1ccc(C(C)(C)C)cc1)C(=O)Nc1cc(C(F)(F)F)ccc1Cl. The van der Waals surface area contributed by atoms with E-state index in [4.69, 9.17) is 16.3 Å². The van der Waals surface area contributed by atoms with Gasteiger partial charge in [-0.15, -0.1) is 0 Å². The molecule has 2 rings (SSSR count). The Balaban J connectivity index is 2.08. The van der Waals surface area contributed by atoms with Gasteiger partial charge in [0.2, 0.25) is 0 Å². The van der Waals surface area contributed by atoms with Gasteiger partial charge in [0.1, 0.15) is 5.75 Å². The summed E-state index contributed by atoms with van der Waals surface area (Å²) in [5.41, 5.74) is 0.0909. The third kappa shape index (κ3) is 5.63. The van der Waals surface area contributed by atoms with Crippen LogP contribution in [-0.4, -0.2) is 12.0 Å². The van der Waals surface area contributed by atoms with Crippen LogP contribution in [0.3, 0.4) is 0 Å². The lowest BCUT2D eigenvalue weighted by molar-refractivity contribution is -0.137. The molecular formula is C20H21ClF3NO2. The fraction of sp³-hybridized carbons (Fsp3) is 0.350. The van der Waals surface area contributed by atoms with Gasteiger partial charge in [-0.25, -0.2) is 0 Å². The molecule has 0 aliphatic carbocycles. The minimum Gasteiger partial charge on any atom is -0.481 e. The van der Waals surface area contributed by atoms with Crippen LogP contribution in [0.2, 0.25) is 5.02 Å². The van der Waals surface area contributed by atoms with Crippen molar-refractivity contribution in [3.8, 4) is 5.75 Å². The Kier molecular flexibility index (Phi) is 6.10. The maximum Gasteiger partial charge on any atom is 0.416 e. The molecule has 0 aliphatic heterocycles. The summed E-state index contributed by atoms with van der Waals surface area (Å²) in [6.07, 6.45) is -5.45. The molecular weight excluding hydrogens is 379 g/mol. The molecule has 0 saturated carbocycles. The zero-order valence-electron chi connectivity index (χ0n) is 15.4. The van der Waals surface area contributed by atoms with Crippen molar-refractivity contribution in [3.05, 3.63) is 58.6 Å². The number of benzene rings is 2. The fourth-order valence-corrected chi connectivity index (χ4v) is 2.49. The van der Waals surface area contributed by atoms with Crippen molar-refractivity contribution in [1.29, 1.82) is 0 Å². The lowest BCUT2D eigenvalue weighted by Crippen LogP contribution is -2.30. The largest absolute Gasteiger partial charge is 0.481 e. The summed E-state index contributed by atoms with van der Waals surface area (Å²) in [7, 11) is 0. The van der Waals surface area contributed by atoms with Gasteiger partial charge in [0, 0.05) is 0 Å². The van der Waals surface area contributed by atoms with Gasteiger partial charge >= 0.3 is 6.18 Å². The van der Waals surface area contributed by atoms with Crippen molar-refractivity contribution in [3.63, 3.8) is 0 Å². The Morgan fingerprint density at radius 2 is 1.59 bits per heavy atom. The number of carbonyl (C=O) groups is 1. The molecule has 1 amide bonds. The maximum atomic E-state index is 12.8. The van der Waals surface area contributed by atoms with Gasteiger partial charge in [0.05, 0.1) is 16.3 Å². The normalized spacial score (nSPS) is 13.2. The molecule has 0 aliphatic rings. The molecule has 0 bridgehead atoms. The molecule has 27 heavy (non-hydrogen) atoms. The quantitative estimate of drug-likeness (QED) is 0.678. The molecule has 0 saturated heterocycles. The highest BCUT2D eigenvalue weighted by atomic mass is 35.5. The highest BCUT2D eigenvalue weighted by Crippen LogP contribution is 2.34. The van der Waals surface area contributed by atoms with E-state index < -0.39 is 23.8 Å². The Bertz CT molecular complexity index is 811. The summed E-state index contributed by atoms with van der Waals surface area (Å²) in [6.45, 7) is 7.75. The number of hydrogen-bond acceptors (Lipinski definition) is 2. The average Bonchev–Trinajstić information content (AvgIpc) is 2.55. The van der Waals surface area contributed by atoms with E-state index in [2.05, 4.69) is 26.1 Å². The van der Waals surface area contributed by atoms with Crippen molar-refractivity contribution in [2.45, 2.75) is 45.4 Å². The summed E-state index contributed by atoms with van der Waals surface area (Å²) >= 11 is 5.89. The average molecular weight is 400 g/mol. The molecule has 146 valence electrons. The number of nitrogens with one attached hydrogen (secondary N) is 1. The second-order valence-electron chi connectivity index (χ2n) is 7.22. The third-order valence-electron chi connectivity index (χ3n) is 3.95. The topological polar surface area (TPSA) is 38.3 Å². The van der Waals surface area contributed by atoms with Crippen LogP contribution in [0.1, 0.15) is 38.8 Å². The number of halogens is 4. The Morgan fingerprint density at radius 1 is 1.04 bits per heavy atom. The van der Waals surface area contributed by atoms with E-state index in [9.17, 15) is 18.0 Å². The highest BCUT2D eigenvalue weighted by Gasteiger charge is 2.31. The Labute approximate surface area is 161 Å². The van der Waals surface area contributed by atoms with Crippen LogP contribution in [0.5, 0.6) is 5.75 Å². The van der Waals surface area contributed by atoms with Crippen molar-refractivity contribution < 1.29 is 22.7 Å². The van der Waals surface area contributed by atoms with Crippen LogP contribution in [0.25, 0.3) is 0 Å². The lowest BCUT2D eigenvalue weighted by Gasteiger charge is -2.20. The smallest absolute Gasteiger partial charge is 0.416 e. The lowest BCUT2D eigenvalue weighted by atomic mass is 9.87. The van der Waals surface area contributed by atoms with Crippen LogP contribution >= 0.6 is 11.6 Å². The van der Waals surface area contributed by atoms with E-state index in [1.165, 1.54) is 6.92 Å².